The molecule has 6 nitrogen and oxygen atoms in total. The Balaban J connectivity index is 1.56. The highest BCUT2D eigenvalue weighted by Crippen LogP contribution is 2.17. The first-order valence-corrected chi connectivity index (χ1v) is 10.2. The number of hydrogen-bond acceptors (Lipinski definition) is 5. The fourth-order valence-corrected chi connectivity index (χ4v) is 2.90. The smallest absolute Gasteiger partial charge is 0.330 e. The molecule has 0 saturated heterocycles. The van der Waals surface area contributed by atoms with E-state index in [0.29, 0.717) is 12.2 Å². The summed E-state index contributed by atoms with van der Waals surface area (Å²) in [6, 6.07) is 25.3. The molecule has 3 aromatic carbocycles. The van der Waals surface area contributed by atoms with Crippen LogP contribution in [0.3, 0.4) is 0 Å². The molecule has 0 spiro atoms. The molecule has 3 aromatic rings. The maximum atomic E-state index is 12.4. The molecular weight excluding hydrogens is 392 g/mol. The topological polar surface area (TPSA) is 76.7 Å². The molecule has 1 atom stereocenters. The Hall–Kier alpha value is -3.80. The molecule has 1 amide bonds. The fraction of sp³-hybridized carbons (Fsp3) is 0.200. The highest BCUT2D eigenvalue weighted by molar-refractivity contribution is 5.96. The van der Waals surface area contributed by atoms with Crippen LogP contribution in [0.5, 0.6) is 5.75 Å². The van der Waals surface area contributed by atoms with Gasteiger partial charge in [0.2, 0.25) is 0 Å². The molecule has 0 aliphatic rings. The van der Waals surface area contributed by atoms with Crippen molar-refractivity contribution in [1.29, 1.82) is 0 Å². The molecule has 2 N–H and O–H groups in total. The normalized spacial score (nSPS) is 11.3. The van der Waals surface area contributed by atoms with Crippen molar-refractivity contribution in [3.8, 4) is 5.75 Å². The summed E-state index contributed by atoms with van der Waals surface area (Å²) in [6.45, 7) is 2.66. The second kappa shape index (κ2) is 11.4. The van der Waals surface area contributed by atoms with Gasteiger partial charge in [-0.15, -0.1) is 0 Å². The molecule has 31 heavy (non-hydrogen) atoms. The van der Waals surface area contributed by atoms with Gasteiger partial charge in [-0.05, 0) is 48.9 Å². The average Bonchev–Trinajstić information content (AvgIpc) is 2.82. The summed E-state index contributed by atoms with van der Waals surface area (Å²) >= 11 is 0. The van der Waals surface area contributed by atoms with E-state index in [9.17, 15) is 9.59 Å². The standard InChI is InChI=1S/C25H26N2O4/c1-2-30-25(29)23(27-24(28)20-11-7-4-8-12-20)17-26-21-13-15-22(16-14-21)31-18-19-9-5-3-6-10-19/h3-16,23,26H,2,17-18H2,1H3,(H,27,28)/t23-/m0/s1. The van der Waals surface area contributed by atoms with E-state index in [-0.39, 0.29) is 19.1 Å². The van der Waals surface area contributed by atoms with Crippen molar-refractivity contribution in [3.63, 3.8) is 0 Å². The highest BCUT2D eigenvalue weighted by Gasteiger charge is 2.22. The summed E-state index contributed by atoms with van der Waals surface area (Å²) < 4.78 is 10.9. The van der Waals surface area contributed by atoms with Gasteiger partial charge in [0.1, 0.15) is 18.4 Å². The summed E-state index contributed by atoms with van der Waals surface area (Å²) in [4.78, 5) is 24.8. The third-order valence-corrected chi connectivity index (χ3v) is 4.53. The second-order valence-electron chi connectivity index (χ2n) is 6.82. The van der Waals surface area contributed by atoms with E-state index in [4.69, 9.17) is 9.47 Å². The number of carbonyl (C=O) groups is 2. The Bertz CT molecular complexity index is 960. The number of benzene rings is 3. The van der Waals surface area contributed by atoms with Gasteiger partial charge in [-0.25, -0.2) is 4.79 Å². The Morgan fingerprint density at radius 3 is 2.16 bits per heavy atom. The van der Waals surface area contributed by atoms with E-state index < -0.39 is 12.0 Å². The van der Waals surface area contributed by atoms with Gasteiger partial charge in [0.05, 0.1) is 6.61 Å². The molecular formula is C25H26N2O4. The molecule has 0 fully saturated rings. The van der Waals surface area contributed by atoms with Crippen LogP contribution in [0.2, 0.25) is 0 Å². The van der Waals surface area contributed by atoms with E-state index in [2.05, 4.69) is 10.6 Å². The molecule has 3 rings (SSSR count). The van der Waals surface area contributed by atoms with Gasteiger partial charge in [-0.2, -0.15) is 0 Å². The molecule has 0 unspecified atom stereocenters. The SMILES string of the molecule is CCOC(=O)[C@H](CNc1ccc(OCc2ccccc2)cc1)NC(=O)c1ccccc1. The van der Waals surface area contributed by atoms with Gasteiger partial charge in [0.25, 0.3) is 5.91 Å². The third kappa shape index (κ3) is 6.89. The third-order valence-electron chi connectivity index (χ3n) is 4.53. The number of esters is 1. The first kappa shape index (κ1) is 21.9. The monoisotopic (exact) mass is 418 g/mol. The highest BCUT2D eigenvalue weighted by atomic mass is 16.5. The molecule has 0 heterocycles. The van der Waals surface area contributed by atoms with E-state index in [1.165, 1.54) is 0 Å². The lowest BCUT2D eigenvalue weighted by Crippen LogP contribution is -2.46. The quantitative estimate of drug-likeness (QED) is 0.486. The Morgan fingerprint density at radius 1 is 0.871 bits per heavy atom. The van der Waals surface area contributed by atoms with E-state index in [1.54, 1.807) is 31.2 Å². The zero-order chi connectivity index (χ0) is 21.9. The summed E-state index contributed by atoms with van der Waals surface area (Å²) in [5, 5.41) is 5.91. The van der Waals surface area contributed by atoms with Crippen LogP contribution < -0.4 is 15.4 Å². The van der Waals surface area contributed by atoms with Crippen molar-refractivity contribution in [3.05, 3.63) is 96.1 Å². The number of hydrogen-bond donors (Lipinski definition) is 2. The zero-order valence-electron chi connectivity index (χ0n) is 17.4. The summed E-state index contributed by atoms with van der Waals surface area (Å²) in [7, 11) is 0. The average molecular weight is 418 g/mol. The summed E-state index contributed by atoms with van der Waals surface area (Å²) in [5.41, 5.74) is 2.38. The van der Waals surface area contributed by atoms with Gasteiger partial charge in [-0.1, -0.05) is 48.5 Å². The van der Waals surface area contributed by atoms with Crippen LogP contribution in [-0.4, -0.2) is 31.1 Å². The summed E-state index contributed by atoms with van der Waals surface area (Å²) in [5.74, 6) is -0.0686. The second-order valence-corrected chi connectivity index (χ2v) is 6.82. The lowest BCUT2D eigenvalue weighted by molar-refractivity contribution is -0.145. The number of ether oxygens (including phenoxy) is 2. The fourth-order valence-electron chi connectivity index (χ4n) is 2.90. The van der Waals surface area contributed by atoms with E-state index in [1.807, 2.05) is 60.7 Å². The van der Waals surface area contributed by atoms with Gasteiger partial charge in [0, 0.05) is 17.8 Å². The Kier molecular flexibility index (Phi) is 8.05. The number of carbonyl (C=O) groups excluding carboxylic acids is 2. The lowest BCUT2D eigenvalue weighted by atomic mass is 10.2. The van der Waals surface area contributed by atoms with E-state index >= 15 is 0 Å². The minimum absolute atomic E-state index is 0.196. The minimum Gasteiger partial charge on any atom is -0.489 e. The number of rotatable bonds is 10. The van der Waals surface area contributed by atoms with Crippen LogP contribution in [0.1, 0.15) is 22.8 Å². The molecule has 0 aliphatic heterocycles. The van der Waals surface area contributed by atoms with Gasteiger partial charge in [0.15, 0.2) is 0 Å². The zero-order valence-corrected chi connectivity index (χ0v) is 17.4. The Morgan fingerprint density at radius 2 is 1.52 bits per heavy atom. The van der Waals surface area contributed by atoms with Crippen LogP contribution in [0.15, 0.2) is 84.9 Å². The number of anilines is 1. The van der Waals surface area contributed by atoms with Crippen LogP contribution >= 0.6 is 0 Å². The first-order chi connectivity index (χ1) is 15.2. The molecule has 0 bridgehead atoms. The van der Waals surface area contributed by atoms with Gasteiger partial charge >= 0.3 is 5.97 Å². The molecule has 0 radical (unpaired) electrons. The van der Waals surface area contributed by atoms with Gasteiger partial charge in [-0.3, -0.25) is 4.79 Å². The van der Waals surface area contributed by atoms with E-state index in [0.717, 1.165) is 17.0 Å². The molecule has 0 saturated carbocycles. The first-order valence-electron chi connectivity index (χ1n) is 10.2. The van der Waals surface area contributed by atoms with Crippen molar-refractivity contribution >= 4 is 17.6 Å². The number of amides is 1. The molecule has 6 heteroatoms. The van der Waals surface area contributed by atoms with Crippen LogP contribution in [0, 0.1) is 0 Å². The van der Waals surface area contributed by atoms with Crippen molar-refractivity contribution in [2.24, 2.45) is 0 Å². The van der Waals surface area contributed by atoms with Crippen LogP contribution in [0.4, 0.5) is 5.69 Å². The molecule has 0 aromatic heterocycles. The molecule has 160 valence electrons. The maximum absolute atomic E-state index is 12.4. The predicted octanol–water partition coefficient (Wildman–Crippen LogP) is 4.04. The van der Waals surface area contributed by atoms with Crippen molar-refractivity contribution in [2.75, 3.05) is 18.5 Å². The van der Waals surface area contributed by atoms with Crippen LogP contribution in [0.25, 0.3) is 0 Å². The van der Waals surface area contributed by atoms with Crippen molar-refractivity contribution in [2.45, 2.75) is 19.6 Å². The van der Waals surface area contributed by atoms with Crippen molar-refractivity contribution in [1.82, 2.24) is 5.32 Å². The minimum atomic E-state index is -0.818. The predicted molar refractivity (Wildman–Crippen MR) is 120 cm³/mol. The lowest BCUT2D eigenvalue weighted by Gasteiger charge is -2.18. The van der Waals surface area contributed by atoms with Crippen molar-refractivity contribution < 1.29 is 19.1 Å². The number of nitrogens with one attached hydrogen (secondary N) is 2. The molecule has 0 aliphatic carbocycles. The Labute approximate surface area is 182 Å². The van der Waals surface area contributed by atoms with Crippen LogP contribution in [-0.2, 0) is 16.1 Å². The van der Waals surface area contributed by atoms with Gasteiger partial charge < -0.3 is 20.1 Å². The maximum Gasteiger partial charge on any atom is 0.330 e. The summed E-state index contributed by atoms with van der Waals surface area (Å²) in [6.07, 6.45) is 0. The largest absolute Gasteiger partial charge is 0.489 e.